The van der Waals surface area contributed by atoms with E-state index in [1.165, 1.54) is 32.1 Å². The molecule has 2 aliphatic heterocycles. The summed E-state index contributed by atoms with van der Waals surface area (Å²) in [6.45, 7) is 4.47. The van der Waals surface area contributed by atoms with Crippen molar-refractivity contribution in [3.05, 3.63) is 5.89 Å². The fraction of sp³-hybridized carbons (Fsp3) is 0.846. The third-order valence-electron chi connectivity index (χ3n) is 4.63. The van der Waals surface area contributed by atoms with Gasteiger partial charge in [-0.2, -0.15) is 4.98 Å². The lowest BCUT2D eigenvalue weighted by Gasteiger charge is -2.39. The van der Waals surface area contributed by atoms with E-state index in [9.17, 15) is 0 Å². The first-order valence-corrected chi connectivity index (χ1v) is 7.14. The molecule has 1 atom stereocenters. The zero-order valence-electron chi connectivity index (χ0n) is 10.7. The molecule has 1 N–H and O–H groups in total. The summed E-state index contributed by atoms with van der Waals surface area (Å²) in [6.07, 6.45) is 6.31. The number of anilines is 1. The molecule has 4 rings (SSSR count). The number of nitrogens with zero attached hydrogens (tertiary/aromatic N) is 3. The summed E-state index contributed by atoms with van der Waals surface area (Å²) in [5, 5.41) is 7.67. The van der Waals surface area contributed by atoms with Gasteiger partial charge < -0.3 is 14.7 Å². The third kappa shape index (κ3) is 1.81. The summed E-state index contributed by atoms with van der Waals surface area (Å²) >= 11 is 0. The molecule has 3 aliphatic rings. The monoisotopic (exact) mass is 248 g/mol. The minimum Gasteiger partial charge on any atom is -0.338 e. The van der Waals surface area contributed by atoms with Crippen LogP contribution < -0.4 is 10.2 Å². The Morgan fingerprint density at radius 1 is 1.33 bits per heavy atom. The zero-order chi connectivity index (χ0) is 12.0. The summed E-state index contributed by atoms with van der Waals surface area (Å²) in [5.41, 5.74) is 0.457. The first-order chi connectivity index (χ1) is 8.85. The molecule has 3 heterocycles. The van der Waals surface area contributed by atoms with Crippen LogP contribution in [0.25, 0.3) is 0 Å². The topological polar surface area (TPSA) is 54.2 Å². The van der Waals surface area contributed by atoms with Crippen LogP contribution in [0.4, 0.5) is 5.95 Å². The van der Waals surface area contributed by atoms with Crippen molar-refractivity contribution in [3.8, 4) is 0 Å². The number of hydrogen-bond acceptors (Lipinski definition) is 5. The van der Waals surface area contributed by atoms with Gasteiger partial charge in [-0.25, -0.2) is 0 Å². The fourth-order valence-electron chi connectivity index (χ4n) is 3.37. The van der Waals surface area contributed by atoms with Gasteiger partial charge in [0.25, 0.3) is 5.95 Å². The molecule has 1 aliphatic carbocycles. The molecule has 0 amide bonds. The van der Waals surface area contributed by atoms with E-state index in [1.807, 2.05) is 0 Å². The van der Waals surface area contributed by atoms with Crippen LogP contribution in [0.15, 0.2) is 4.52 Å². The van der Waals surface area contributed by atoms with Crippen molar-refractivity contribution < 1.29 is 4.52 Å². The quantitative estimate of drug-likeness (QED) is 0.860. The zero-order valence-corrected chi connectivity index (χ0v) is 10.7. The Hall–Kier alpha value is -1.10. The lowest BCUT2D eigenvalue weighted by molar-refractivity contribution is 0.257. The van der Waals surface area contributed by atoms with Crippen LogP contribution in [0.3, 0.4) is 0 Å². The average Bonchev–Trinajstić information content (AvgIpc) is 2.96. The number of aromatic nitrogens is 2. The normalized spacial score (nSPS) is 32.3. The van der Waals surface area contributed by atoms with Gasteiger partial charge in [-0.05, 0) is 43.8 Å². The highest BCUT2D eigenvalue weighted by Gasteiger charge is 2.39. The molecule has 0 radical (unpaired) electrons. The van der Waals surface area contributed by atoms with E-state index < -0.39 is 0 Å². The molecule has 98 valence electrons. The van der Waals surface area contributed by atoms with Crippen LogP contribution in [-0.2, 0) is 0 Å². The molecule has 0 bridgehead atoms. The Bertz CT molecular complexity index is 434. The minimum absolute atomic E-state index is 0.457. The molecule has 1 aromatic rings. The van der Waals surface area contributed by atoms with E-state index in [-0.39, 0.29) is 0 Å². The summed E-state index contributed by atoms with van der Waals surface area (Å²) in [4.78, 5) is 6.90. The number of nitrogens with one attached hydrogen (secondary N) is 1. The Kier molecular flexibility index (Phi) is 2.37. The molecule has 1 saturated carbocycles. The largest absolute Gasteiger partial charge is 0.338 e. The van der Waals surface area contributed by atoms with Crippen LogP contribution in [0.5, 0.6) is 0 Å². The Labute approximate surface area is 107 Å². The first-order valence-electron chi connectivity index (χ1n) is 7.14. The molecule has 5 nitrogen and oxygen atoms in total. The second-order valence-corrected chi connectivity index (χ2v) is 6.16. The maximum absolute atomic E-state index is 5.37. The predicted octanol–water partition coefficient (Wildman–Crippen LogP) is 1.53. The molecule has 0 aromatic carbocycles. The van der Waals surface area contributed by atoms with Crippen LogP contribution in [0, 0.1) is 5.41 Å². The van der Waals surface area contributed by atoms with Crippen molar-refractivity contribution in [2.45, 2.75) is 38.0 Å². The van der Waals surface area contributed by atoms with Gasteiger partial charge in [-0.3, -0.25) is 0 Å². The van der Waals surface area contributed by atoms with Gasteiger partial charge in [0.05, 0.1) is 0 Å². The SMILES string of the molecule is C1CN(c2noc(C3CC3)n2)C[C@]2(C1)CCNC2. The minimum atomic E-state index is 0.457. The Morgan fingerprint density at radius 2 is 2.28 bits per heavy atom. The van der Waals surface area contributed by atoms with Gasteiger partial charge in [-0.15, -0.1) is 0 Å². The van der Waals surface area contributed by atoms with Crippen molar-refractivity contribution in [3.63, 3.8) is 0 Å². The van der Waals surface area contributed by atoms with Crippen LogP contribution in [0.1, 0.15) is 43.9 Å². The highest BCUT2D eigenvalue weighted by Crippen LogP contribution is 2.40. The molecule has 5 heteroatoms. The molecule has 1 aromatic heterocycles. The number of hydrogen-bond donors (Lipinski definition) is 1. The van der Waals surface area contributed by atoms with Crippen molar-refractivity contribution in [1.82, 2.24) is 15.5 Å². The van der Waals surface area contributed by atoms with Crippen molar-refractivity contribution in [1.29, 1.82) is 0 Å². The number of rotatable bonds is 2. The second kappa shape index (κ2) is 3.95. The highest BCUT2D eigenvalue weighted by molar-refractivity contribution is 5.31. The van der Waals surface area contributed by atoms with Gasteiger partial charge in [0.2, 0.25) is 5.89 Å². The van der Waals surface area contributed by atoms with Gasteiger partial charge in [0.1, 0.15) is 0 Å². The average molecular weight is 248 g/mol. The third-order valence-corrected chi connectivity index (χ3v) is 4.63. The van der Waals surface area contributed by atoms with Crippen LogP contribution in [0.2, 0.25) is 0 Å². The summed E-state index contributed by atoms with van der Waals surface area (Å²) < 4.78 is 5.37. The van der Waals surface area contributed by atoms with Gasteiger partial charge in [-0.1, -0.05) is 0 Å². The van der Waals surface area contributed by atoms with Gasteiger partial charge in [0.15, 0.2) is 0 Å². The molecule has 0 unspecified atom stereocenters. The molecular weight excluding hydrogens is 228 g/mol. The van der Waals surface area contributed by atoms with Crippen molar-refractivity contribution in [2.24, 2.45) is 5.41 Å². The second-order valence-electron chi connectivity index (χ2n) is 6.16. The maximum atomic E-state index is 5.37. The molecule has 1 spiro atoms. The standard InChI is InChI=1S/C13H20N4O/c1-4-13(5-6-14-8-13)9-17(7-1)12-15-11(18-16-12)10-2-3-10/h10,14H,1-9H2/t13-/m1/s1. The first kappa shape index (κ1) is 10.8. The van der Waals surface area contributed by atoms with Crippen molar-refractivity contribution >= 4 is 5.95 Å². The van der Waals surface area contributed by atoms with E-state index >= 15 is 0 Å². The molecule has 3 fully saturated rings. The van der Waals surface area contributed by atoms with Gasteiger partial charge in [0, 0.05) is 31.0 Å². The smallest absolute Gasteiger partial charge is 0.266 e. The van der Waals surface area contributed by atoms with E-state index in [4.69, 9.17) is 4.52 Å². The van der Waals surface area contributed by atoms with Crippen molar-refractivity contribution in [2.75, 3.05) is 31.1 Å². The summed E-state index contributed by atoms with van der Waals surface area (Å²) in [5.74, 6) is 2.23. The highest BCUT2D eigenvalue weighted by atomic mass is 16.5. The van der Waals surface area contributed by atoms with Gasteiger partial charge >= 0.3 is 0 Å². The molecule has 18 heavy (non-hydrogen) atoms. The van der Waals surface area contributed by atoms with E-state index in [0.29, 0.717) is 11.3 Å². The maximum Gasteiger partial charge on any atom is 0.266 e. The number of piperidine rings is 1. The van der Waals surface area contributed by atoms with Crippen LogP contribution >= 0.6 is 0 Å². The summed E-state index contributed by atoms with van der Waals surface area (Å²) in [7, 11) is 0. The fourth-order valence-corrected chi connectivity index (χ4v) is 3.37. The van der Waals surface area contributed by atoms with Crippen LogP contribution in [-0.4, -0.2) is 36.3 Å². The summed E-state index contributed by atoms with van der Waals surface area (Å²) in [6, 6.07) is 0. The molecule has 2 saturated heterocycles. The van der Waals surface area contributed by atoms with E-state index in [1.54, 1.807) is 0 Å². The lowest BCUT2D eigenvalue weighted by Crippen LogP contribution is -2.45. The Morgan fingerprint density at radius 3 is 3.06 bits per heavy atom. The predicted molar refractivity (Wildman–Crippen MR) is 67.6 cm³/mol. The molecular formula is C13H20N4O. The Balaban J connectivity index is 1.52. The lowest BCUT2D eigenvalue weighted by atomic mass is 9.79. The van der Waals surface area contributed by atoms with E-state index in [2.05, 4.69) is 20.4 Å². The van der Waals surface area contributed by atoms with E-state index in [0.717, 1.165) is 38.0 Å².